The molecule has 1 aliphatic rings. The van der Waals surface area contributed by atoms with Gasteiger partial charge in [0.25, 0.3) is 0 Å². The standard InChI is InChI=1S/C23H28ClN3O4/c1-22(2,3)31-21(29)26-16-9-10-19-17(12-16)18(13-23(4,5)30-19)27-20(28)25-15-8-6-7-14(24)11-15/h6-12,18H,13H2,1-5H3,(H,26,29)(H2,25,27,28)/t18-/m1/s1. The minimum atomic E-state index is -0.603. The maximum absolute atomic E-state index is 12.6. The van der Waals surface area contributed by atoms with Crippen molar-refractivity contribution in [2.75, 3.05) is 10.6 Å². The second-order valence-electron chi connectivity index (χ2n) is 9.11. The molecule has 0 aromatic heterocycles. The molecule has 3 rings (SSSR count). The first-order valence-corrected chi connectivity index (χ1v) is 10.4. The fourth-order valence-corrected chi connectivity index (χ4v) is 3.56. The normalized spacial score (nSPS) is 17.0. The van der Waals surface area contributed by atoms with Crippen LogP contribution in [0.5, 0.6) is 5.75 Å². The Labute approximate surface area is 187 Å². The lowest BCUT2D eigenvalue weighted by atomic mass is 9.89. The van der Waals surface area contributed by atoms with E-state index in [9.17, 15) is 9.59 Å². The average molecular weight is 446 g/mol. The largest absolute Gasteiger partial charge is 0.487 e. The SMILES string of the molecule is CC(C)(C)OC(=O)Nc1ccc2c(c1)[C@H](NC(=O)Nc1cccc(Cl)c1)CC(C)(C)O2. The van der Waals surface area contributed by atoms with Crippen LogP contribution in [0.15, 0.2) is 42.5 Å². The highest BCUT2D eigenvalue weighted by molar-refractivity contribution is 6.30. The lowest BCUT2D eigenvalue weighted by Gasteiger charge is -2.38. The molecule has 1 aliphatic heterocycles. The molecule has 7 nitrogen and oxygen atoms in total. The number of hydrogen-bond acceptors (Lipinski definition) is 4. The lowest BCUT2D eigenvalue weighted by molar-refractivity contribution is 0.0631. The quantitative estimate of drug-likeness (QED) is 0.531. The van der Waals surface area contributed by atoms with Gasteiger partial charge < -0.3 is 20.1 Å². The van der Waals surface area contributed by atoms with Gasteiger partial charge in [0.15, 0.2) is 0 Å². The number of urea groups is 1. The molecule has 8 heteroatoms. The van der Waals surface area contributed by atoms with E-state index in [1.807, 2.05) is 13.8 Å². The third-order valence-corrected chi connectivity index (χ3v) is 4.74. The fraction of sp³-hybridized carbons (Fsp3) is 0.391. The van der Waals surface area contributed by atoms with Gasteiger partial charge in [0.05, 0.1) is 6.04 Å². The molecule has 31 heavy (non-hydrogen) atoms. The first-order chi connectivity index (χ1) is 14.4. The molecular weight excluding hydrogens is 418 g/mol. The molecule has 0 saturated heterocycles. The van der Waals surface area contributed by atoms with Crippen molar-refractivity contribution in [3.63, 3.8) is 0 Å². The van der Waals surface area contributed by atoms with Gasteiger partial charge >= 0.3 is 12.1 Å². The Hall–Kier alpha value is -2.93. The predicted molar refractivity (Wildman–Crippen MR) is 122 cm³/mol. The first-order valence-electron chi connectivity index (χ1n) is 10.1. The van der Waals surface area contributed by atoms with E-state index in [2.05, 4.69) is 16.0 Å². The molecule has 0 aliphatic carbocycles. The highest BCUT2D eigenvalue weighted by Gasteiger charge is 2.35. The summed E-state index contributed by atoms with van der Waals surface area (Å²) in [5.41, 5.74) is 0.846. The topological polar surface area (TPSA) is 88.7 Å². The van der Waals surface area contributed by atoms with Gasteiger partial charge in [-0.25, -0.2) is 9.59 Å². The summed E-state index contributed by atoms with van der Waals surface area (Å²) < 4.78 is 11.4. The highest BCUT2D eigenvalue weighted by atomic mass is 35.5. The van der Waals surface area contributed by atoms with Crippen molar-refractivity contribution in [3.8, 4) is 5.75 Å². The summed E-state index contributed by atoms with van der Waals surface area (Å²) in [6.45, 7) is 9.33. The summed E-state index contributed by atoms with van der Waals surface area (Å²) in [5.74, 6) is 0.652. The Morgan fingerprint density at radius 2 is 1.81 bits per heavy atom. The second-order valence-corrected chi connectivity index (χ2v) is 9.54. The fourth-order valence-electron chi connectivity index (χ4n) is 3.37. The zero-order chi connectivity index (χ0) is 22.8. The highest BCUT2D eigenvalue weighted by Crippen LogP contribution is 2.40. The molecule has 2 aromatic rings. The molecule has 0 spiro atoms. The zero-order valence-corrected chi connectivity index (χ0v) is 19.1. The van der Waals surface area contributed by atoms with Crippen LogP contribution in [-0.2, 0) is 4.74 Å². The van der Waals surface area contributed by atoms with Crippen molar-refractivity contribution in [3.05, 3.63) is 53.1 Å². The average Bonchev–Trinajstić information content (AvgIpc) is 2.59. The molecule has 3 amide bonds. The molecule has 0 fully saturated rings. The van der Waals surface area contributed by atoms with Gasteiger partial charge in [-0.1, -0.05) is 17.7 Å². The Kier molecular flexibility index (Phi) is 6.36. The summed E-state index contributed by atoms with van der Waals surface area (Å²) in [6, 6.07) is 11.6. The van der Waals surface area contributed by atoms with Crippen LogP contribution < -0.4 is 20.7 Å². The van der Waals surface area contributed by atoms with Gasteiger partial charge in [0.1, 0.15) is 17.0 Å². The molecule has 1 heterocycles. The monoisotopic (exact) mass is 445 g/mol. The van der Waals surface area contributed by atoms with Crippen LogP contribution in [0.25, 0.3) is 0 Å². The summed E-state index contributed by atoms with van der Waals surface area (Å²) >= 11 is 5.99. The summed E-state index contributed by atoms with van der Waals surface area (Å²) in [5, 5.41) is 9.06. The van der Waals surface area contributed by atoms with E-state index in [4.69, 9.17) is 21.1 Å². The van der Waals surface area contributed by atoms with Crippen LogP contribution in [0.3, 0.4) is 0 Å². The number of nitrogens with one attached hydrogen (secondary N) is 3. The Bertz CT molecular complexity index is 985. The van der Waals surface area contributed by atoms with E-state index in [1.54, 1.807) is 63.2 Å². The third-order valence-electron chi connectivity index (χ3n) is 4.50. The van der Waals surface area contributed by atoms with Crippen LogP contribution >= 0.6 is 11.6 Å². The number of ether oxygens (including phenoxy) is 2. The lowest BCUT2D eigenvalue weighted by Crippen LogP contribution is -2.42. The number of amides is 3. The number of benzene rings is 2. The van der Waals surface area contributed by atoms with E-state index >= 15 is 0 Å². The van der Waals surface area contributed by atoms with E-state index < -0.39 is 17.3 Å². The van der Waals surface area contributed by atoms with E-state index in [0.717, 1.165) is 5.56 Å². The molecule has 0 unspecified atom stereocenters. The number of rotatable bonds is 3. The molecule has 0 bridgehead atoms. The van der Waals surface area contributed by atoms with Gasteiger partial charge in [-0.2, -0.15) is 0 Å². The molecular formula is C23H28ClN3O4. The molecule has 0 saturated carbocycles. The van der Waals surface area contributed by atoms with Gasteiger partial charge in [-0.3, -0.25) is 5.32 Å². The van der Waals surface area contributed by atoms with Crippen LogP contribution in [-0.4, -0.2) is 23.3 Å². The van der Waals surface area contributed by atoms with Crippen molar-refractivity contribution in [2.45, 2.75) is 58.3 Å². The third kappa shape index (κ3) is 6.52. The van der Waals surface area contributed by atoms with Crippen molar-refractivity contribution in [1.82, 2.24) is 5.32 Å². The number of anilines is 2. The molecule has 166 valence electrons. The van der Waals surface area contributed by atoms with Crippen LogP contribution in [0.1, 0.15) is 52.6 Å². The van der Waals surface area contributed by atoms with Crippen LogP contribution in [0.2, 0.25) is 5.02 Å². The zero-order valence-electron chi connectivity index (χ0n) is 18.3. The molecule has 1 atom stereocenters. The van der Waals surface area contributed by atoms with Crippen LogP contribution in [0.4, 0.5) is 21.0 Å². The van der Waals surface area contributed by atoms with Crippen molar-refractivity contribution < 1.29 is 19.1 Å². The summed E-state index contributed by atoms with van der Waals surface area (Å²) in [6.07, 6.45) is 0.00601. The van der Waals surface area contributed by atoms with Crippen molar-refractivity contribution in [2.24, 2.45) is 0 Å². The number of halogens is 1. The Morgan fingerprint density at radius 1 is 1.10 bits per heavy atom. The Morgan fingerprint density at radius 3 is 2.48 bits per heavy atom. The molecule has 0 radical (unpaired) electrons. The minimum Gasteiger partial charge on any atom is -0.487 e. The van der Waals surface area contributed by atoms with E-state index in [1.165, 1.54) is 0 Å². The van der Waals surface area contributed by atoms with Gasteiger partial charge in [-0.15, -0.1) is 0 Å². The summed E-state index contributed by atoms with van der Waals surface area (Å²) in [7, 11) is 0. The maximum Gasteiger partial charge on any atom is 0.412 e. The predicted octanol–water partition coefficient (Wildman–Crippen LogP) is 6.11. The maximum atomic E-state index is 12.6. The second kappa shape index (κ2) is 8.67. The first kappa shape index (κ1) is 22.7. The summed E-state index contributed by atoms with van der Waals surface area (Å²) in [4.78, 5) is 24.8. The van der Waals surface area contributed by atoms with Crippen molar-refractivity contribution in [1.29, 1.82) is 0 Å². The minimum absolute atomic E-state index is 0.321. The smallest absolute Gasteiger partial charge is 0.412 e. The molecule has 2 aromatic carbocycles. The van der Waals surface area contributed by atoms with Gasteiger partial charge in [-0.05, 0) is 71.0 Å². The van der Waals surface area contributed by atoms with Crippen molar-refractivity contribution >= 4 is 35.1 Å². The van der Waals surface area contributed by atoms with E-state index in [0.29, 0.717) is 28.6 Å². The van der Waals surface area contributed by atoms with Gasteiger partial charge in [0.2, 0.25) is 0 Å². The number of fused-ring (bicyclic) bond motifs is 1. The van der Waals surface area contributed by atoms with E-state index in [-0.39, 0.29) is 12.1 Å². The van der Waals surface area contributed by atoms with Crippen LogP contribution in [0, 0.1) is 0 Å². The number of carbonyl (C=O) groups excluding carboxylic acids is 2. The number of hydrogen-bond donors (Lipinski definition) is 3. The Balaban J connectivity index is 1.78. The van der Waals surface area contributed by atoms with Gasteiger partial charge in [0, 0.05) is 28.4 Å². The molecule has 3 N–H and O–H groups in total. The number of carbonyl (C=O) groups is 2.